The van der Waals surface area contributed by atoms with Gasteiger partial charge in [0.25, 0.3) is 0 Å². The highest BCUT2D eigenvalue weighted by Gasteiger charge is 2.32. The van der Waals surface area contributed by atoms with Gasteiger partial charge in [0.1, 0.15) is 0 Å². The van der Waals surface area contributed by atoms with Gasteiger partial charge in [-0.2, -0.15) is 0 Å². The quantitative estimate of drug-likeness (QED) is 0.300. The maximum absolute atomic E-state index is 11.8. The van der Waals surface area contributed by atoms with Crippen LogP contribution in [0.1, 0.15) is 56.6 Å². The standard InChI is InChI=1S/C21H35N3O3S.HI/c1-5-13-27-21(11-7-6-8-12-21)16-24-20(22-3)23-15-18-9-10-19(17(2)14-18)28(4,25)26;/h9-10,14H,5-8,11-13,15-16H2,1-4H3,(H2,22,23,24);1H. The lowest BCUT2D eigenvalue weighted by atomic mass is 9.84. The molecule has 0 radical (unpaired) electrons. The van der Waals surface area contributed by atoms with Crippen molar-refractivity contribution in [3.05, 3.63) is 29.3 Å². The molecule has 1 aliphatic carbocycles. The number of halogens is 1. The second-order valence-corrected chi connectivity index (χ2v) is 9.73. The Bertz CT molecular complexity index is 775. The number of nitrogens with zero attached hydrogens (tertiary/aromatic N) is 1. The molecular formula is C21H36IN3O3S. The fourth-order valence-electron chi connectivity index (χ4n) is 3.78. The van der Waals surface area contributed by atoms with E-state index in [4.69, 9.17) is 4.74 Å². The molecule has 166 valence electrons. The van der Waals surface area contributed by atoms with E-state index in [1.165, 1.54) is 25.5 Å². The number of guanidine groups is 1. The summed E-state index contributed by atoms with van der Waals surface area (Å²) >= 11 is 0. The molecule has 2 rings (SSSR count). The van der Waals surface area contributed by atoms with Gasteiger partial charge in [-0.1, -0.05) is 38.3 Å². The summed E-state index contributed by atoms with van der Waals surface area (Å²) in [4.78, 5) is 4.70. The molecule has 6 nitrogen and oxygen atoms in total. The molecule has 2 N–H and O–H groups in total. The monoisotopic (exact) mass is 537 g/mol. The molecule has 0 heterocycles. The SMILES string of the molecule is CCCOC1(CNC(=NC)NCc2ccc(S(C)(=O)=O)c(C)c2)CCCCC1.I. The van der Waals surface area contributed by atoms with Crippen LogP contribution in [0.25, 0.3) is 0 Å². The summed E-state index contributed by atoms with van der Waals surface area (Å²) < 4.78 is 29.8. The smallest absolute Gasteiger partial charge is 0.191 e. The molecule has 1 aromatic carbocycles. The van der Waals surface area contributed by atoms with Crippen LogP contribution in [-0.4, -0.2) is 46.4 Å². The Balaban J connectivity index is 0.00000420. The molecule has 1 saturated carbocycles. The van der Waals surface area contributed by atoms with Crippen LogP contribution in [0.5, 0.6) is 0 Å². The van der Waals surface area contributed by atoms with E-state index in [9.17, 15) is 8.42 Å². The Morgan fingerprint density at radius 1 is 1.21 bits per heavy atom. The number of sulfone groups is 1. The second-order valence-electron chi connectivity index (χ2n) is 7.74. The summed E-state index contributed by atoms with van der Waals surface area (Å²) in [5, 5.41) is 6.75. The molecule has 1 fully saturated rings. The number of rotatable bonds is 8. The van der Waals surface area contributed by atoms with Gasteiger partial charge in [0.2, 0.25) is 0 Å². The maximum Gasteiger partial charge on any atom is 0.191 e. The third-order valence-electron chi connectivity index (χ3n) is 5.28. The molecule has 0 atom stereocenters. The summed E-state index contributed by atoms with van der Waals surface area (Å²) in [6, 6.07) is 5.42. The number of nitrogens with one attached hydrogen (secondary N) is 2. The summed E-state index contributed by atoms with van der Waals surface area (Å²) in [5.74, 6) is 0.731. The Kier molecular flexibility index (Phi) is 10.9. The van der Waals surface area contributed by atoms with Crippen LogP contribution in [0, 0.1) is 6.92 Å². The number of benzene rings is 1. The molecule has 1 aliphatic rings. The number of hydrogen-bond donors (Lipinski definition) is 2. The fraction of sp³-hybridized carbons (Fsp3) is 0.667. The first kappa shape index (κ1) is 26.2. The number of aryl methyl sites for hydroxylation is 1. The number of hydrogen-bond acceptors (Lipinski definition) is 4. The predicted octanol–water partition coefficient (Wildman–Crippen LogP) is 3.81. The lowest BCUT2D eigenvalue weighted by Crippen LogP contribution is -2.49. The van der Waals surface area contributed by atoms with Crippen LogP contribution in [0.3, 0.4) is 0 Å². The van der Waals surface area contributed by atoms with E-state index >= 15 is 0 Å². The van der Waals surface area contributed by atoms with Crippen molar-refractivity contribution in [2.75, 3.05) is 26.5 Å². The van der Waals surface area contributed by atoms with Gasteiger partial charge in [0, 0.05) is 33.0 Å². The van der Waals surface area contributed by atoms with E-state index in [-0.39, 0.29) is 29.6 Å². The highest BCUT2D eigenvalue weighted by atomic mass is 127. The average molecular weight is 538 g/mol. The van der Waals surface area contributed by atoms with Crippen molar-refractivity contribution in [1.82, 2.24) is 10.6 Å². The second kappa shape index (κ2) is 12.1. The normalized spacial score (nSPS) is 16.8. The van der Waals surface area contributed by atoms with E-state index in [1.807, 2.05) is 19.1 Å². The van der Waals surface area contributed by atoms with Gasteiger partial charge in [0.05, 0.1) is 10.5 Å². The van der Waals surface area contributed by atoms with Crippen LogP contribution in [-0.2, 0) is 21.1 Å². The third kappa shape index (κ3) is 8.05. The zero-order valence-electron chi connectivity index (χ0n) is 18.1. The van der Waals surface area contributed by atoms with E-state index in [1.54, 1.807) is 13.1 Å². The van der Waals surface area contributed by atoms with Gasteiger partial charge in [0.15, 0.2) is 15.8 Å². The first-order chi connectivity index (χ1) is 13.3. The topological polar surface area (TPSA) is 79.8 Å². The Morgan fingerprint density at radius 2 is 1.90 bits per heavy atom. The molecule has 8 heteroatoms. The van der Waals surface area contributed by atoms with Gasteiger partial charge >= 0.3 is 0 Å². The summed E-state index contributed by atoms with van der Waals surface area (Å²) in [5.41, 5.74) is 1.68. The molecular weight excluding hydrogens is 501 g/mol. The van der Waals surface area contributed by atoms with Crippen molar-refractivity contribution in [3.8, 4) is 0 Å². The minimum absolute atomic E-state index is 0. The minimum atomic E-state index is -3.19. The average Bonchev–Trinajstić information content (AvgIpc) is 2.66. The zero-order chi connectivity index (χ0) is 20.6. The summed E-state index contributed by atoms with van der Waals surface area (Å²) in [6.45, 7) is 6.08. The molecule has 29 heavy (non-hydrogen) atoms. The van der Waals surface area contributed by atoms with Crippen LogP contribution in [0.15, 0.2) is 28.1 Å². The molecule has 0 unspecified atom stereocenters. The van der Waals surface area contributed by atoms with Crippen LogP contribution in [0.2, 0.25) is 0 Å². The van der Waals surface area contributed by atoms with Gasteiger partial charge < -0.3 is 15.4 Å². The van der Waals surface area contributed by atoms with Gasteiger partial charge in [-0.25, -0.2) is 8.42 Å². The first-order valence-corrected chi connectivity index (χ1v) is 12.1. The lowest BCUT2D eigenvalue weighted by Gasteiger charge is -2.37. The van der Waals surface area contributed by atoms with Crippen LogP contribution < -0.4 is 10.6 Å². The molecule has 0 saturated heterocycles. The van der Waals surface area contributed by atoms with Crippen molar-refractivity contribution >= 4 is 39.8 Å². The summed E-state index contributed by atoms with van der Waals surface area (Å²) in [6.07, 6.45) is 8.14. The van der Waals surface area contributed by atoms with E-state index in [2.05, 4.69) is 22.5 Å². The highest BCUT2D eigenvalue weighted by molar-refractivity contribution is 14.0. The largest absolute Gasteiger partial charge is 0.373 e. The van der Waals surface area contributed by atoms with Crippen molar-refractivity contribution in [3.63, 3.8) is 0 Å². The number of aliphatic imine (C=N–C) groups is 1. The molecule has 0 bridgehead atoms. The van der Waals surface area contributed by atoms with E-state index in [0.29, 0.717) is 11.4 Å². The van der Waals surface area contributed by atoms with Gasteiger partial charge in [-0.05, 0) is 43.4 Å². The third-order valence-corrected chi connectivity index (χ3v) is 6.53. The summed E-state index contributed by atoms with van der Waals surface area (Å²) in [7, 11) is -1.43. The van der Waals surface area contributed by atoms with E-state index < -0.39 is 9.84 Å². The lowest BCUT2D eigenvalue weighted by molar-refractivity contribution is -0.0657. The molecule has 0 aromatic heterocycles. The highest BCUT2D eigenvalue weighted by Crippen LogP contribution is 2.31. The van der Waals surface area contributed by atoms with Gasteiger partial charge in [-0.15, -0.1) is 24.0 Å². The first-order valence-electron chi connectivity index (χ1n) is 10.2. The predicted molar refractivity (Wildman–Crippen MR) is 130 cm³/mol. The van der Waals surface area contributed by atoms with Crippen molar-refractivity contribution in [2.45, 2.75) is 69.4 Å². The maximum atomic E-state index is 11.8. The van der Waals surface area contributed by atoms with E-state index in [0.717, 1.165) is 49.5 Å². The Hall–Kier alpha value is -0.870. The van der Waals surface area contributed by atoms with Crippen molar-refractivity contribution in [2.24, 2.45) is 4.99 Å². The van der Waals surface area contributed by atoms with Crippen LogP contribution >= 0.6 is 24.0 Å². The molecule has 0 amide bonds. The fourth-order valence-corrected chi connectivity index (χ4v) is 4.73. The van der Waals surface area contributed by atoms with Crippen molar-refractivity contribution < 1.29 is 13.2 Å². The molecule has 1 aromatic rings. The minimum Gasteiger partial charge on any atom is -0.373 e. The van der Waals surface area contributed by atoms with Gasteiger partial charge in [-0.3, -0.25) is 4.99 Å². The van der Waals surface area contributed by atoms with Crippen molar-refractivity contribution in [1.29, 1.82) is 0 Å². The van der Waals surface area contributed by atoms with Crippen LogP contribution in [0.4, 0.5) is 0 Å². The zero-order valence-corrected chi connectivity index (χ0v) is 21.2. The molecule has 0 aliphatic heterocycles. The number of ether oxygens (including phenoxy) is 1. The Morgan fingerprint density at radius 3 is 2.45 bits per heavy atom. The molecule has 0 spiro atoms. The Labute approximate surface area is 193 Å².